The van der Waals surface area contributed by atoms with Gasteiger partial charge in [-0.15, -0.1) is 0 Å². The molecule has 0 N–H and O–H groups in total. The Kier molecular flexibility index (Phi) is 7.44. The first kappa shape index (κ1) is 21.0. The fraction of sp³-hybridized carbons (Fsp3) is 0.421. The van der Waals surface area contributed by atoms with Crippen LogP contribution in [-0.2, 0) is 33.3 Å². The first-order valence-corrected chi connectivity index (χ1v) is 9.22. The van der Waals surface area contributed by atoms with Gasteiger partial charge in [-0.05, 0) is 19.1 Å². The van der Waals surface area contributed by atoms with E-state index in [1.807, 2.05) is 31.2 Å². The maximum absolute atomic E-state index is 11.5. The van der Waals surface area contributed by atoms with Gasteiger partial charge in [0.2, 0.25) is 0 Å². The second-order valence-electron chi connectivity index (χ2n) is 5.98. The summed E-state index contributed by atoms with van der Waals surface area (Å²) in [7, 11) is 0. The third-order valence-corrected chi connectivity index (χ3v) is 4.61. The summed E-state index contributed by atoms with van der Waals surface area (Å²) in [5.74, 6) is -1.28. The normalized spacial score (nSPS) is 21.8. The van der Waals surface area contributed by atoms with Crippen LogP contribution in [0.15, 0.2) is 41.0 Å². The van der Waals surface area contributed by atoms with Crippen LogP contribution in [0.5, 0.6) is 0 Å². The Bertz CT molecular complexity index is 726. The lowest BCUT2D eigenvalue weighted by molar-refractivity contribution is -0.163. The molecule has 1 heterocycles. The molecule has 0 saturated carbocycles. The van der Waals surface area contributed by atoms with Crippen molar-refractivity contribution in [3.63, 3.8) is 0 Å². The van der Waals surface area contributed by atoms with Crippen molar-refractivity contribution in [2.45, 2.75) is 50.2 Å². The van der Waals surface area contributed by atoms with Gasteiger partial charge < -0.3 is 18.9 Å². The first-order chi connectivity index (χ1) is 12.7. The SMILES string of the molecule is CC(=O)OC[C@H]1O[C@H](Sc2ccc(C)cc2)C(OC(C)=O)=C[C@@H]1OC(C)=O. The molecule has 0 spiro atoms. The smallest absolute Gasteiger partial charge is 0.307 e. The Morgan fingerprint density at radius 2 is 1.70 bits per heavy atom. The average molecular weight is 394 g/mol. The Morgan fingerprint density at radius 1 is 1.04 bits per heavy atom. The second-order valence-corrected chi connectivity index (χ2v) is 7.11. The molecule has 0 aromatic heterocycles. The fourth-order valence-corrected chi connectivity index (χ4v) is 3.34. The van der Waals surface area contributed by atoms with E-state index in [1.54, 1.807) is 0 Å². The lowest BCUT2D eigenvalue weighted by Gasteiger charge is -2.33. The predicted octanol–water partition coefficient (Wildman–Crippen LogP) is 2.75. The van der Waals surface area contributed by atoms with Crippen molar-refractivity contribution in [3.8, 4) is 0 Å². The topological polar surface area (TPSA) is 88.1 Å². The van der Waals surface area contributed by atoms with Crippen molar-refractivity contribution in [3.05, 3.63) is 41.7 Å². The van der Waals surface area contributed by atoms with Crippen molar-refractivity contribution < 1.29 is 33.3 Å². The molecule has 0 amide bonds. The third kappa shape index (κ3) is 6.73. The zero-order valence-electron chi connectivity index (χ0n) is 15.6. The number of carbonyl (C=O) groups is 3. The van der Waals surface area contributed by atoms with Gasteiger partial charge in [-0.2, -0.15) is 0 Å². The summed E-state index contributed by atoms with van der Waals surface area (Å²) >= 11 is 1.33. The number of esters is 3. The molecule has 0 saturated heterocycles. The van der Waals surface area contributed by atoms with E-state index >= 15 is 0 Å². The van der Waals surface area contributed by atoms with Crippen molar-refractivity contribution in [1.29, 1.82) is 0 Å². The molecular formula is C19H22O7S. The van der Waals surface area contributed by atoms with Crippen LogP contribution < -0.4 is 0 Å². The molecule has 2 rings (SSSR count). The molecular weight excluding hydrogens is 372 g/mol. The molecule has 1 aromatic carbocycles. The number of ether oxygens (including phenoxy) is 4. The molecule has 7 nitrogen and oxygen atoms in total. The van der Waals surface area contributed by atoms with Crippen molar-refractivity contribution in [2.75, 3.05) is 6.61 Å². The molecule has 0 radical (unpaired) electrons. The van der Waals surface area contributed by atoms with Crippen LogP contribution in [0.25, 0.3) is 0 Å². The number of thioether (sulfide) groups is 1. The summed E-state index contributed by atoms with van der Waals surface area (Å²) in [6.45, 7) is 5.70. The summed E-state index contributed by atoms with van der Waals surface area (Å²) in [5, 5.41) is 0. The second kappa shape index (κ2) is 9.57. The average Bonchev–Trinajstić information content (AvgIpc) is 2.56. The number of hydrogen-bond acceptors (Lipinski definition) is 8. The van der Waals surface area contributed by atoms with E-state index in [1.165, 1.54) is 38.6 Å². The minimum Gasteiger partial charge on any atom is -0.463 e. The van der Waals surface area contributed by atoms with Gasteiger partial charge in [0, 0.05) is 31.7 Å². The lowest BCUT2D eigenvalue weighted by atomic mass is 10.1. The van der Waals surface area contributed by atoms with Crippen LogP contribution in [0.2, 0.25) is 0 Å². The van der Waals surface area contributed by atoms with Crippen LogP contribution in [0.1, 0.15) is 26.3 Å². The maximum Gasteiger partial charge on any atom is 0.307 e. The quantitative estimate of drug-likeness (QED) is 0.538. The van der Waals surface area contributed by atoms with Gasteiger partial charge in [-0.25, -0.2) is 0 Å². The van der Waals surface area contributed by atoms with Gasteiger partial charge >= 0.3 is 17.9 Å². The number of benzene rings is 1. The minimum atomic E-state index is -0.842. The highest BCUT2D eigenvalue weighted by atomic mass is 32.2. The highest BCUT2D eigenvalue weighted by Gasteiger charge is 2.37. The van der Waals surface area contributed by atoms with Gasteiger partial charge in [-0.1, -0.05) is 29.5 Å². The maximum atomic E-state index is 11.5. The highest BCUT2D eigenvalue weighted by molar-refractivity contribution is 8.00. The largest absolute Gasteiger partial charge is 0.463 e. The van der Waals surface area contributed by atoms with Gasteiger partial charge in [-0.3, -0.25) is 14.4 Å². The predicted molar refractivity (Wildman–Crippen MR) is 97.7 cm³/mol. The number of aryl methyl sites for hydroxylation is 1. The molecule has 1 aromatic rings. The number of carbonyl (C=O) groups excluding carboxylic acids is 3. The number of hydrogen-bond donors (Lipinski definition) is 0. The van der Waals surface area contributed by atoms with E-state index < -0.39 is 35.6 Å². The molecule has 1 aliphatic heterocycles. The van der Waals surface area contributed by atoms with Crippen LogP contribution in [0.4, 0.5) is 0 Å². The first-order valence-electron chi connectivity index (χ1n) is 8.34. The lowest BCUT2D eigenvalue weighted by Crippen LogP contribution is -2.43. The van der Waals surface area contributed by atoms with Crippen molar-refractivity contribution in [1.82, 2.24) is 0 Å². The molecule has 0 bridgehead atoms. The Morgan fingerprint density at radius 3 is 2.26 bits per heavy atom. The molecule has 0 unspecified atom stereocenters. The van der Waals surface area contributed by atoms with Crippen LogP contribution in [0, 0.1) is 6.92 Å². The standard InChI is InChI=1S/C19H22O7S/c1-11-5-7-15(8-6-11)27-19-17(25-14(4)22)9-16(24-13(3)21)18(26-19)10-23-12(2)20/h5-9,16,18-19H,10H2,1-4H3/t16-,18+,19+/m0/s1. The van der Waals surface area contributed by atoms with E-state index in [0.717, 1.165) is 10.5 Å². The van der Waals surface area contributed by atoms with Gasteiger partial charge in [0.1, 0.15) is 18.5 Å². The fourth-order valence-electron chi connectivity index (χ4n) is 2.36. The van der Waals surface area contributed by atoms with Crippen LogP contribution >= 0.6 is 11.8 Å². The van der Waals surface area contributed by atoms with Gasteiger partial charge in [0.15, 0.2) is 11.5 Å². The van der Waals surface area contributed by atoms with Crippen molar-refractivity contribution in [2.24, 2.45) is 0 Å². The van der Waals surface area contributed by atoms with Gasteiger partial charge in [0.05, 0.1) is 0 Å². The zero-order chi connectivity index (χ0) is 20.0. The minimum absolute atomic E-state index is 0.0951. The summed E-state index contributed by atoms with van der Waals surface area (Å²) in [4.78, 5) is 34.9. The molecule has 8 heteroatoms. The van der Waals surface area contributed by atoms with Gasteiger partial charge in [0.25, 0.3) is 0 Å². The summed E-state index contributed by atoms with van der Waals surface area (Å²) < 4.78 is 21.5. The summed E-state index contributed by atoms with van der Waals surface area (Å²) in [5.41, 5.74) is 0.450. The van der Waals surface area contributed by atoms with E-state index in [4.69, 9.17) is 18.9 Å². The molecule has 0 fully saturated rings. The molecule has 1 aliphatic rings. The molecule has 27 heavy (non-hydrogen) atoms. The Balaban J connectivity index is 2.27. The van der Waals surface area contributed by atoms with E-state index in [9.17, 15) is 14.4 Å². The molecule has 146 valence electrons. The summed E-state index contributed by atoms with van der Waals surface area (Å²) in [6, 6.07) is 7.76. The summed E-state index contributed by atoms with van der Waals surface area (Å²) in [6.07, 6.45) is -0.0436. The highest BCUT2D eigenvalue weighted by Crippen LogP contribution is 2.35. The Labute approximate surface area is 162 Å². The van der Waals surface area contributed by atoms with E-state index in [-0.39, 0.29) is 12.4 Å². The monoisotopic (exact) mass is 394 g/mol. The van der Waals surface area contributed by atoms with Crippen molar-refractivity contribution >= 4 is 29.7 Å². The number of rotatable bonds is 6. The van der Waals surface area contributed by atoms with Crippen LogP contribution in [-0.4, -0.2) is 42.2 Å². The molecule has 0 aliphatic carbocycles. The zero-order valence-corrected chi connectivity index (χ0v) is 16.4. The molecule has 3 atom stereocenters. The van der Waals surface area contributed by atoms with Crippen LogP contribution in [0.3, 0.4) is 0 Å². The third-order valence-electron chi connectivity index (χ3n) is 3.50. The Hall–Kier alpha value is -2.32. The van der Waals surface area contributed by atoms with E-state index in [2.05, 4.69) is 0 Å². The van der Waals surface area contributed by atoms with E-state index in [0.29, 0.717) is 0 Å².